The summed E-state index contributed by atoms with van der Waals surface area (Å²) in [5, 5.41) is 8.01. The summed E-state index contributed by atoms with van der Waals surface area (Å²) in [7, 11) is 0. The second-order valence-corrected chi connectivity index (χ2v) is 6.87. The molecule has 0 aliphatic heterocycles. The summed E-state index contributed by atoms with van der Waals surface area (Å²) in [5.41, 5.74) is 1.98. The maximum Gasteiger partial charge on any atom is 0.176 e. The average molecular weight is 339 g/mol. The molecule has 0 fully saturated rings. The normalized spacial score (nSPS) is 11.2. The number of aromatic amines is 1. The van der Waals surface area contributed by atoms with Gasteiger partial charge in [0.1, 0.15) is 5.69 Å². The molecule has 0 amide bonds. The standard InChI is InChI=1S/C17H17N5OS/c1-11-12(2)24-16(20-11)6-9-22-10-8-18-17(22)15-4-3-14(23-15)13-5-7-19-21-13/h3-5,7-8,10H,6,9H2,1-2H3,(H,19,21). The fourth-order valence-electron chi connectivity index (χ4n) is 2.57. The SMILES string of the molecule is Cc1nc(CCn2ccnc2-c2ccc(-c3ccn[nH]3)o2)sc1C. The molecule has 0 bridgehead atoms. The summed E-state index contributed by atoms with van der Waals surface area (Å²) in [4.78, 5) is 10.3. The number of H-pyrrole nitrogens is 1. The van der Waals surface area contributed by atoms with Crippen molar-refractivity contribution >= 4 is 11.3 Å². The van der Waals surface area contributed by atoms with Gasteiger partial charge in [0.2, 0.25) is 0 Å². The Morgan fingerprint density at radius 3 is 2.79 bits per heavy atom. The highest BCUT2D eigenvalue weighted by Crippen LogP contribution is 2.26. The first-order valence-electron chi connectivity index (χ1n) is 7.74. The molecule has 6 nitrogen and oxygen atoms in total. The number of hydrogen-bond donors (Lipinski definition) is 1. The number of rotatable bonds is 5. The molecule has 0 aliphatic rings. The van der Waals surface area contributed by atoms with Crippen molar-refractivity contribution in [3.8, 4) is 23.0 Å². The number of thiazole rings is 1. The van der Waals surface area contributed by atoms with E-state index >= 15 is 0 Å². The van der Waals surface area contributed by atoms with Crippen molar-refractivity contribution in [1.29, 1.82) is 0 Å². The van der Waals surface area contributed by atoms with Crippen LogP contribution in [-0.4, -0.2) is 24.7 Å². The van der Waals surface area contributed by atoms with Gasteiger partial charge in [0.15, 0.2) is 17.3 Å². The van der Waals surface area contributed by atoms with Crippen LogP contribution in [0.15, 0.2) is 41.2 Å². The van der Waals surface area contributed by atoms with Crippen LogP contribution in [0.5, 0.6) is 0 Å². The van der Waals surface area contributed by atoms with Crippen molar-refractivity contribution in [3.63, 3.8) is 0 Å². The molecule has 0 spiro atoms. The highest BCUT2D eigenvalue weighted by Gasteiger charge is 2.13. The molecule has 4 rings (SSSR count). The van der Waals surface area contributed by atoms with E-state index in [9.17, 15) is 0 Å². The number of nitrogens with one attached hydrogen (secondary N) is 1. The van der Waals surface area contributed by atoms with Gasteiger partial charge in [0.25, 0.3) is 0 Å². The monoisotopic (exact) mass is 339 g/mol. The van der Waals surface area contributed by atoms with Crippen molar-refractivity contribution in [1.82, 2.24) is 24.7 Å². The van der Waals surface area contributed by atoms with E-state index in [1.54, 1.807) is 23.7 Å². The first-order chi connectivity index (χ1) is 11.7. The molecule has 1 N–H and O–H groups in total. The molecule has 0 saturated carbocycles. The minimum Gasteiger partial charge on any atom is -0.451 e. The molecule has 0 saturated heterocycles. The predicted molar refractivity (Wildman–Crippen MR) is 92.8 cm³/mol. The Labute approximate surface area is 143 Å². The van der Waals surface area contributed by atoms with Gasteiger partial charge in [-0.25, -0.2) is 9.97 Å². The van der Waals surface area contributed by atoms with Gasteiger partial charge >= 0.3 is 0 Å². The minimum absolute atomic E-state index is 0.746. The van der Waals surface area contributed by atoms with Gasteiger partial charge in [-0.15, -0.1) is 11.3 Å². The Hall–Kier alpha value is -2.67. The van der Waals surface area contributed by atoms with Crippen LogP contribution < -0.4 is 0 Å². The van der Waals surface area contributed by atoms with Gasteiger partial charge in [-0.05, 0) is 32.0 Å². The molecule has 4 heterocycles. The van der Waals surface area contributed by atoms with Crippen LogP contribution in [0.4, 0.5) is 0 Å². The van der Waals surface area contributed by atoms with Crippen molar-refractivity contribution in [3.05, 3.63) is 52.4 Å². The summed E-state index contributed by atoms with van der Waals surface area (Å²) < 4.78 is 8.02. The lowest BCUT2D eigenvalue weighted by Gasteiger charge is -2.04. The lowest BCUT2D eigenvalue weighted by molar-refractivity contribution is 0.578. The van der Waals surface area contributed by atoms with Crippen molar-refractivity contribution in [2.24, 2.45) is 0 Å². The lowest BCUT2D eigenvalue weighted by Crippen LogP contribution is -2.02. The van der Waals surface area contributed by atoms with Crippen LogP contribution in [0, 0.1) is 13.8 Å². The van der Waals surface area contributed by atoms with Crippen LogP contribution >= 0.6 is 11.3 Å². The molecule has 0 unspecified atom stereocenters. The third-order valence-electron chi connectivity index (χ3n) is 3.95. The Kier molecular flexibility index (Phi) is 3.78. The molecule has 0 aliphatic carbocycles. The van der Waals surface area contributed by atoms with Crippen molar-refractivity contribution in [2.45, 2.75) is 26.8 Å². The molecule has 4 aromatic heterocycles. The van der Waals surface area contributed by atoms with E-state index in [4.69, 9.17) is 4.42 Å². The summed E-state index contributed by atoms with van der Waals surface area (Å²) in [6.45, 7) is 4.98. The van der Waals surface area contributed by atoms with E-state index in [1.165, 1.54) is 4.88 Å². The lowest BCUT2D eigenvalue weighted by atomic mass is 10.3. The Morgan fingerprint density at radius 1 is 1.17 bits per heavy atom. The first-order valence-corrected chi connectivity index (χ1v) is 8.56. The highest BCUT2D eigenvalue weighted by molar-refractivity contribution is 7.11. The largest absolute Gasteiger partial charge is 0.451 e. The molecular formula is C17H17N5OS. The number of aromatic nitrogens is 5. The summed E-state index contributed by atoms with van der Waals surface area (Å²) in [5.74, 6) is 2.32. The van der Waals surface area contributed by atoms with E-state index in [2.05, 4.69) is 38.6 Å². The van der Waals surface area contributed by atoms with Gasteiger partial charge in [0.05, 0.1) is 10.7 Å². The van der Waals surface area contributed by atoms with Gasteiger partial charge in [-0.3, -0.25) is 5.10 Å². The van der Waals surface area contributed by atoms with E-state index in [0.717, 1.165) is 46.7 Å². The molecule has 0 aromatic carbocycles. The zero-order valence-corrected chi connectivity index (χ0v) is 14.3. The molecule has 7 heteroatoms. The summed E-state index contributed by atoms with van der Waals surface area (Å²) >= 11 is 1.76. The Balaban J connectivity index is 1.54. The van der Waals surface area contributed by atoms with E-state index in [-0.39, 0.29) is 0 Å². The molecule has 0 atom stereocenters. The molecule has 4 aromatic rings. The quantitative estimate of drug-likeness (QED) is 0.599. The number of hydrogen-bond acceptors (Lipinski definition) is 5. The summed E-state index contributed by atoms with van der Waals surface area (Å²) in [6, 6.07) is 5.74. The van der Waals surface area contributed by atoms with Crippen LogP contribution in [0.25, 0.3) is 23.0 Å². The number of imidazole rings is 1. The van der Waals surface area contributed by atoms with Crippen molar-refractivity contribution < 1.29 is 4.42 Å². The summed E-state index contributed by atoms with van der Waals surface area (Å²) in [6.07, 6.45) is 6.36. The van der Waals surface area contributed by atoms with Gasteiger partial charge in [-0.2, -0.15) is 5.10 Å². The highest BCUT2D eigenvalue weighted by atomic mass is 32.1. The zero-order chi connectivity index (χ0) is 16.5. The average Bonchev–Trinajstić information content (AvgIpc) is 3.34. The van der Waals surface area contributed by atoms with Crippen LogP contribution in [0.3, 0.4) is 0 Å². The third kappa shape index (κ3) is 2.78. The minimum atomic E-state index is 0.746. The van der Waals surface area contributed by atoms with E-state index in [0.29, 0.717) is 0 Å². The zero-order valence-electron chi connectivity index (χ0n) is 13.5. The van der Waals surface area contributed by atoms with E-state index < -0.39 is 0 Å². The Bertz CT molecular complexity index is 928. The van der Waals surface area contributed by atoms with Crippen LogP contribution in [-0.2, 0) is 13.0 Å². The number of furan rings is 1. The first kappa shape index (κ1) is 14.9. The van der Waals surface area contributed by atoms with Crippen LogP contribution in [0.2, 0.25) is 0 Å². The Morgan fingerprint density at radius 2 is 2.04 bits per heavy atom. The molecule has 0 radical (unpaired) electrons. The van der Waals surface area contributed by atoms with E-state index in [1.807, 2.05) is 24.4 Å². The van der Waals surface area contributed by atoms with Crippen molar-refractivity contribution in [2.75, 3.05) is 0 Å². The maximum absolute atomic E-state index is 5.92. The van der Waals surface area contributed by atoms with Gasteiger partial charge < -0.3 is 8.98 Å². The number of nitrogens with zero attached hydrogens (tertiary/aromatic N) is 4. The van der Waals surface area contributed by atoms with Gasteiger partial charge in [-0.1, -0.05) is 0 Å². The molecule has 122 valence electrons. The smallest absolute Gasteiger partial charge is 0.176 e. The van der Waals surface area contributed by atoms with Gasteiger partial charge in [0, 0.05) is 36.4 Å². The second kappa shape index (κ2) is 6.09. The molecular weight excluding hydrogens is 322 g/mol. The number of aryl methyl sites for hydroxylation is 4. The molecule has 24 heavy (non-hydrogen) atoms. The fraction of sp³-hybridized carbons (Fsp3) is 0.235. The topological polar surface area (TPSA) is 72.5 Å². The fourth-order valence-corrected chi connectivity index (χ4v) is 3.50. The predicted octanol–water partition coefficient (Wildman–Crippen LogP) is 3.85. The second-order valence-electron chi connectivity index (χ2n) is 5.58. The van der Waals surface area contributed by atoms with Crippen LogP contribution in [0.1, 0.15) is 15.6 Å². The third-order valence-corrected chi connectivity index (χ3v) is 5.08. The maximum atomic E-state index is 5.92.